The maximum atomic E-state index is 12.1. The number of anilines is 1. The second-order valence-electron chi connectivity index (χ2n) is 5.39. The van der Waals surface area contributed by atoms with Gasteiger partial charge < -0.3 is 14.8 Å². The van der Waals surface area contributed by atoms with Crippen LogP contribution < -0.4 is 5.32 Å². The van der Waals surface area contributed by atoms with E-state index in [1.54, 1.807) is 6.92 Å². The van der Waals surface area contributed by atoms with E-state index in [-0.39, 0.29) is 5.91 Å². The van der Waals surface area contributed by atoms with Crippen molar-refractivity contribution in [3.63, 3.8) is 0 Å². The van der Waals surface area contributed by atoms with Gasteiger partial charge >= 0.3 is 5.97 Å². The fourth-order valence-electron chi connectivity index (χ4n) is 2.17. The average molecular weight is 291 g/mol. The van der Waals surface area contributed by atoms with Crippen molar-refractivity contribution in [1.29, 1.82) is 0 Å². The van der Waals surface area contributed by atoms with Gasteiger partial charge in [-0.15, -0.1) is 0 Å². The van der Waals surface area contributed by atoms with Crippen LogP contribution in [0.4, 0.5) is 5.69 Å². The van der Waals surface area contributed by atoms with Gasteiger partial charge in [0.2, 0.25) is 0 Å². The van der Waals surface area contributed by atoms with Crippen LogP contribution in [0.15, 0.2) is 18.2 Å². The Labute approximate surface area is 124 Å². The molecule has 5 heteroatoms. The fraction of sp³-hybridized carbons (Fsp3) is 0.500. The lowest BCUT2D eigenvalue weighted by molar-refractivity contribution is -0.162. The average Bonchev–Trinajstić information content (AvgIpc) is 2.97. The minimum atomic E-state index is -0.846. The van der Waals surface area contributed by atoms with Crippen molar-refractivity contribution in [3.05, 3.63) is 29.3 Å². The summed E-state index contributed by atoms with van der Waals surface area (Å²) in [6, 6.07) is 5.81. The fourth-order valence-corrected chi connectivity index (χ4v) is 2.17. The quantitative estimate of drug-likeness (QED) is 0.865. The molecule has 1 amide bonds. The van der Waals surface area contributed by atoms with Crippen LogP contribution >= 0.6 is 0 Å². The smallest absolute Gasteiger partial charge is 0.336 e. The lowest BCUT2D eigenvalue weighted by atomic mass is 10.1. The second kappa shape index (κ2) is 6.72. The summed E-state index contributed by atoms with van der Waals surface area (Å²) in [5.41, 5.74) is 2.76. The van der Waals surface area contributed by atoms with Crippen LogP contribution in [0.3, 0.4) is 0 Å². The molecular formula is C16H21NO4. The first-order valence-electron chi connectivity index (χ1n) is 7.17. The molecule has 2 atom stereocenters. The third-order valence-electron chi connectivity index (χ3n) is 3.51. The lowest BCUT2D eigenvalue weighted by Crippen LogP contribution is -2.34. The highest BCUT2D eigenvalue weighted by atomic mass is 16.6. The van der Waals surface area contributed by atoms with E-state index >= 15 is 0 Å². The summed E-state index contributed by atoms with van der Waals surface area (Å²) in [6.45, 7) is 6.00. The normalized spacial score (nSPS) is 19.1. The third-order valence-corrected chi connectivity index (χ3v) is 3.51. The second-order valence-corrected chi connectivity index (χ2v) is 5.39. The van der Waals surface area contributed by atoms with Crippen molar-refractivity contribution in [1.82, 2.24) is 0 Å². The van der Waals surface area contributed by atoms with E-state index in [9.17, 15) is 9.59 Å². The summed E-state index contributed by atoms with van der Waals surface area (Å²) in [5.74, 6) is -0.800. The summed E-state index contributed by atoms with van der Waals surface area (Å²) >= 11 is 0. The Balaban J connectivity index is 1.93. The van der Waals surface area contributed by atoms with Gasteiger partial charge in [-0.3, -0.25) is 4.79 Å². The first-order chi connectivity index (χ1) is 9.97. The molecular weight excluding hydrogens is 270 g/mol. The SMILES string of the molecule is Cc1ccc(C)c(NC(=O)[C@H](C)OC(=O)[C@H]2CCCO2)c1. The third kappa shape index (κ3) is 4.04. The molecule has 1 N–H and O–H groups in total. The van der Waals surface area contributed by atoms with Crippen LogP contribution in [-0.2, 0) is 19.1 Å². The molecule has 1 aliphatic heterocycles. The van der Waals surface area contributed by atoms with Gasteiger partial charge in [-0.05, 0) is 50.8 Å². The first kappa shape index (κ1) is 15.5. The predicted octanol–water partition coefficient (Wildman–Crippen LogP) is 2.35. The number of carbonyl (C=O) groups excluding carboxylic acids is 2. The number of amides is 1. The van der Waals surface area contributed by atoms with Crippen LogP contribution in [0.25, 0.3) is 0 Å². The summed E-state index contributed by atoms with van der Waals surface area (Å²) < 4.78 is 10.4. The van der Waals surface area contributed by atoms with Crippen molar-refractivity contribution in [3.8, 4) is 0 Å². The van der Waals surface area contributed by atoms with Gasteiger partial charge in [0, 0.05) is 12.3 Å². The summed E-state index contributed by atoms with van der Waals surface area (Å²) in [4.78, 5) is 23.9. The minimum absolute atomic E-state index is 0.338. The molecule has 0 radical (unpaired) electrons. The van der Waals surface area contributed by atoms with Crippen LogP contribution in [-0.4, -0.2) is 30.7 Å². The molecule has 1 aliphatic rings. The Morgan fingerprint density at radius 1 is 1.38 bits per heavy atom. The van der Waals surface area contributed by atoms with Crippen molar-refractivity contribution < 1.29 is 19.1 Å². The summed E-state index contributed by atoms with van der Waals surface area (Å²) in [7, 11) is 0. The zero-order valence-electron chi connectivity index (χ0n) is 12.6. The van der Waals surface area contributed by atoms with E-state index in [1.807, 2.05) is 32.0 Å². The highest BCUT2D eigenvalue weighted by Crippen LogP contribution is 2.18. The van der Waals surface area contributed by atoms with Crippen LogP contribution in [0.2, 0.25) is 0 Å². The van der Waals surface area contributed by atoms with Gasteiger partial charge in [0.1, 0.15) is 0 Å². The Morgan fingerprint density at radius 2 is 2.14 bits per heavy atom. The van der Waals surface area contributed by atoms with E-state index in [4.69, 9.17) is 9.47 Å². The molecule has 1 aromatic rings. The lowest BCUT2D eigenvalue weighted by Gasteiger charge is -2.17. The number of hydrogen-bond acceptors (Lipinski definition) is 4. The van der Waals surface area contributed by atoms with Crippen molar-refractivity contribution >= 4 is 17.6 Å². The molecule has 1 saturated heterocycles. The van der Waals surface area contributed by atoms with Crippen LogP contribution in [0, 0.1) is 13.8 Å². The van der Waals surface area contributed by atoms with Gasteiger partial charge in [0.05, 0.1) is 0 Å². The minimum Gasteiger partial charge on any atom is -0.451 e. The first-order valence-corrected chi connectivity index (χ1v) is 7.17. The number of carbonyl (C=O) groups is 2. The zero-order chi connectivity index (χ0) is 15.4. The number of hydrogen-bond donors (Lipinski definition) is 1. The highest BCUT2D eigenvalue weighted by Gasteiger charge is 2.28. The molecule has 5 nitrogen and oxygen atoms in total. The molecule has 0 aromatic heterocycles. The van der Waals surface area contributed by atoms with Gasteiger partial charge in [-0.2, -0.15) is 0 Å². The molecule has 0 spiro atoms. The number of nitrogens with one attached hydrogen (secondary N) is 1. The van der Waals surface area contributed by atoms with Crippen molar-refractivity contribution in [2.75, 3.05) is 11.9 Å². The van der Waals surface area contributed by atoms with Crippen LogP contribution in [0.1, 0.15) is 30.9 Å². The van der Waals surface area contributed by atoms with Gasteiger partial charge in [0.15, 0.2) is 12.2 Å². The predicted molar refractivity (Wildman–Crippen MR) is 79.1 cm³/mol. The number of rotatable bonds is 4. The Hall–Kier alpha value is -1.88. The van der Waals surface area contributed by atoms with E-state index in [1.165, 1.54) is 0 Å². The van der Waals surface area contributed by atoms with E-state index in [0.29, 0.717) is 13.0 Å². The molecule has 0 saturated carbocycles. The molecule has 1 aromatic carbocycles. The summed E-state index contributed by atoms with van der Waals surface area (Å²) in [6.07, 6.45) is 0.134. The van der Waals surface area contributed by atoms with E-state index in [2.05, 4.69) is 5.32 Å². The van der Waals surface area contributed by atoms with E-state index in [0.717, 1.165) is 23.2 Å². The van der Waals surface area contributed by atoms with Gasteiger partial charge in [0.25, 0.3) is 5.91 Å². The molecule has 0 aliphatic carbocycles. The number of esters is 1. The maximum Gasteiger partial charge on any atom is 0.336 e. The molecule has 0 unspecified atom stereocenters. The van der Waals surface area contributed by atoms with Gasteiger partial charge in [-0.1, -0.05) is 12.1 Å². The van der Waals surface area contributed by atoms with Crippen molar-refractivity contribution in [2.24, 2.45) is 0 Å². The molecule has 0 bridgehead atoms. The molecule has 2 rings (SSSR count). The Bertz CT molecular complexity index is 535. The molecule has 114 valence electrons. The maximum absolute atomic E-state index is 12.1. The monoisotopic (exact) mass is 291 g/mol. The molecule has 1 fully saturated rings. The standard InChI is InChI=1S/C16H21NO4/c1-10-6-7-11(2)13(9-10)17-15(18)12(3)21-16(19)14-5-4-8-20-14/h6-7,9,12,14H,4-5,8H2,1-3H3,(H,17,18)/t12-,14+/m0/s1. The largest absolute Gasteiger partial charge is 0.451 e. The Morgan fingerprint density at radius 3 is 2.81 bits per heavy atom. The number of aryl methyl sites for hydroxylation is 2. The summed E-state index contributed by atoms with van der Waals surface area (Å²) in [5, 5.41) is 2.79. The highest BCUT2D eigenvalue weighted by molar-refractivity contribution is 5.96. The number of benzene rings is 1. The van der Waals surface area contributed by atoms with Crippen LogP contribution in [0.5, 0.6) is 0 Å². The topological polar surface area (TPSA) is 64.6 Å². The Kier molecular flexibility index (Phi) is 4.96. The molecule has 1 heterocycles. The van der Waals surface area contributed by atoms with Crippen molar-refractivity contribution in [2.45, 2.75) is 45.8 Å². The number of ether oxygens (including phenoxy) is 2. The van der Waals surface area contributed by atoms with Gasteiger partial charge in [-0.25, -0.2) is 4.79 Å². The zero-order valence-corrected chi connectivity index (χ0v) is 12.6. The molecule has 21 heavy (non-hydrogen) atoms. The van der Waals surface area contributed by atoms with E-state index < -0.39 is 18.2 Å².